The normalized spacial score (nSPS) is 10.4. The van der Waals surface area contributed by atoms with Gasteiger partial charge in [0.05, 0.1) is 6.21 Å². The lowest BCUT2D eigenvalue weighted by atomic mass is 10.2. The first kappa shape index (κ1) is 14.5. The van der Waals surface area contributed by atoms with Gasteiger partial charge in [-0.05, 0) is 35.5 Å². The monoisotopic (exact) mass is 303 g/mol. The second-order valence-corrected chi connectivity index (χ2v) is 4.93. The number of nitrogens with zero attached hydrogens (tertiary/aromatic N) is 1. The van der Waals surface area contributed by atoms with Crippen molar-refractivity contribution in [2.45, 2.75) is 6.54 Å². The van der Waals surface area contributed by atoms with Crippen molar-refractivity contribution in [3.8, 4) is 0 Å². The predicted octanol–water partition coefficient (Wildman–Crippen LogP) is 3.34. The molecule has 0 fully saturated rings. The summed E-state index contributed by atoms with van der Waals surface area (Å²) in [5.74, 6) is 0. The van der Waals surface area contributed by atoms with Crippen LogP contribution in [0.2, 0.25) is 5.02 Å². The number of rotatable bonds is 4. The van der Waals surface area contributed by atoms with Crippen molar-refractivity contribution in [1.82, 2.24) is 10.7 Å². The average molecular weight is 304 g/mol. The van der Waals surface area contributed by atoms with E-state index in [1.54, 1.807) is 6.21 Å². The van der Waals surface area contributed by atoms with E-state index in [1.807, 2.05) is 54.6 Å². The Bertz CT molecular complexity index is 582. The number of hydrogen-bond donors (Lipinski definition) is 2. The van der Waals surface area contributed by atoms with Crippen molar-refractivity contribution in [2.24, 2.45) is 5.10 Å². The molecule has 2 N–H and O–H groups in total. The van der Waals surface area contributed by atoms with Crippen LogP contribution in [0, 0.1) is 0 Å². The molecule has 0 aliphatic rings. The van der Waals surface area contributed by atoms with Crippen molar-refractivity contribution in [2.75, 3.05) is 0 Å². The van der Waals surface area contributed by atoms with Gasteiger partial charge in [0.15, 0.2) is 5.11 Å². The molecular weight excluding hydrogens is 290 g/mol. The summed E-state index contributed by atoms with van der Waals surface area (Å²) in [5, 5.41) is 8.33. The minimum atomic E-state index is 0.485. The molecule has 0 aliphatic carbocycles. The molecule has 0 spiro atoms. The Labute approximate surface area is 128 Å². The van der Waals surface area contributed by atoms with Gasteiger partial charge < -0.3 is 5.32 Å². The standard InChI is InChI=1S/C15H14ClN3S/c16-14-8-6-13(7-9-14)11-18-19-15(20)17-10-12-4-2-1-3-5-12/h1-9,11H,10H2,(H2,17,19,20)/b18-11-. The van der Waals surface area contributed by atoms with Gasteiger partial charge in [-0.1, -0.05) is 54.1 Å². The quantitative estimate of drug-likeness (QED) is 0.517. The minimum Gasteiger partial charge on any atom is -0.357 e. The summed E-state index contributed by atoms with van der Waals surface area (Å²) in [7, 11) is 0. The highest BCUT2D eigenvalue weighted by atomic mass is 35.5. The third kappa shape index (κ3) is 4.99. The van der Waals surface area contributed by atoms with E-state index in [9.17, 15) is 0 Å². The summed E-state index contributed by atoms with van der Waals surface area (Å²) in [6.45, 7) is 0.670. The second-order valence-electron chi connectivity index (χ2n) is 4.09. The summed E-state index contributed by atoms with van der Waals surface area (Å²) in [6, 6.07) is 17.4. The number of thiocarbonyl (C=S) groups is 1. The molecule has 2 aromatic rings. The number of halogens is 1. The van der Waals surface area contributed by atoms with Crippen LogP contribution in [0.4, 0.5) is 0 Å². The lowest BCUT2D eigenvalue weighted by Gasteiger charge is -2.06. The molecule has 0 amide bonds. The van der Waals surface area contributed by atoms with Gasteiger partial charge in [0.25, 0.3) is 0 Å². The number of hydrogen-bond acceptors (Lipinski definition) is 2. The van der Waals surface area contributed by atoms with E-state index in [-0.39, 0.29) is 0 Å². The molecule has 20 heavy (non-hydrogen) atoms. The second kappa shape index (κ2) is 7.62. The van der Waals surface area contributed by atoms with E-state index in [2.05, 4.69) is 15.8 Å². The summed E-state index contributed by atoms with van der Waals surface area (Å²) in [4.78, 5) is 0. The topological polar surface area (TPSA) is 36.4 Å². The molecule has 0 atom stereocenters. The van der Waals surface area contributed by atoms with E-state index in [0.29, 0.717) is 16.7 Å². The third-order valence-corrected chi connectivity index (χ3v) is 3.03. The first-order valence-electron chi connectivity index (χ1n) is 6.10. The molecule has 0 saturated heterocycles. The molecule has 2 rings (SSSR count). The Morgan fingerprint density at radius 3 is 2.50 bits per heavy atom. The molecule has 0 aromatic heterocycles. The summed E-state index contributed by atoms with van der Waals surface area (Å²) >= 11 is 10.9. The Balaban J connectivity index is 1.76. The van der Waals surface area contributed by atoms with Crippen LogP contribution in [0.1, 0.15) is 11.1 Å². The van der Waals surface area contributed by atoms with E-state index in [4.69, 9.17) is 23.8 Å². The third-order valence-electron chi connectivity index (χ3n) is 2.55. The van der Waals surface area contributed by atoms with Crippen molar-refractivity contribution < 1.29 is 0 Å². The van der Waals surface area contributed by atoms with E-state index < -0.39 is 0 Å². The van der Waals surface area contributed by atoms with Gasteiger partial charge in [-0.3, -0.25) is 5.43 Å². The van der Waals surface area contributed by atoms with Crippen LogP contribution in [0.3, 0.4) is 0 Å². The lowest BCUT2D eigenvalue weighted by Crippen LogP contribution is -2.31. The highest BCUT2D eigenvalue weighted by Crippen LogP contribution is 2.07. The molecule has 0 aliphatic heterocycles. The summed E-state index contributed by atoms with van der Waals surface area (Å²) < 4.78 is 0. The molecule has 0 saturated carbocycles. The van der Waals surface area contributed by atoms with Crippen LogP contribution in [0.5, 0.6) is 0 Å². The maximum atomic E-state index is 5.80. The van der Waals surface area contributed by atoms with Gasteiger partial charge in [-0.25, -0.2) is 0 Å². The SMILES string of the molecule is S=C(NCc1ccccc1)N/N=C\c1ccc(Cl)cc1. The van der Waals surface area contributed by atoms with Crippen molar-refractivity contribution >= 4 is 35.1 Å². The highest BCUT2D eigenvalue weighted by Gasteiger charge is 1.94. The van der Waals surface area contributed by atoms with Crippen LogP contribution in [-0.4, -0.2) is 11.3 Å². The molecule has 5 heteroatoms. The van der Waals surface area contributed by atoms with Gasteiger partial charge in [0.2, 0.25) is 0 Å². The predicted molar refractivity (Wildman–Crippen MR) is 88.1 cm³/mol. The first-order chi connectivity index (χ1) is 9.74. The van der Waals surface area contributed by atoms with Gasteiger partial charge >= 0.3 is 0 Å². The first-order valence-corrected chi connectivity index (χ1v) is 6.89. The lowest BCUT2D eigenvalue weighted by molar-refractivity contribution is 0.869. The fraction of sp³-hybridized carbons (Fsp3) is 0.0667. The average Bonchev–Trinajstić information content (AvgIpc) is 2.48. The molecule has 102 valence electrons. The molecular formula is C15H14ClN3S. The minimum absolute atomic E-state index is 0.485. The zero-order valence-electron chi connectivity index (χ0n) is 10.7. The fourth-order valence-corrected chi connectivity index (χ4v) is 1.78. The molecule has 2 aromatic carbocycles. The number of hydrazone groups is 1. The van der Waals surface area contributed by atoms with Crippen LogP contribution < -0.4 is 10.7 Å². The highest BCUT2D eigenvalue weighted by molar-refractivity contribution is 7.80. The number of benzene rings is 2. The van der Waals surface area contributed by atoms with Crippen LogP contribution in [0.15, 0.2) is 59.7 Å². The molecule has 0 heterocycles. The van der Waals surface area contributed by atoms with Gasteiger partial charge in [0, 0.05) is 11.6 Å². The Morgan fingerprint density at radius 2 is 1.80 bits per heavy atom. The maximum Gasteiger partial charge on any atom is 0.187 e. The number of nitrogens with one attached hydrogen (secondary N) is 2. The molecule has 3 nitrogen and oxygen atoms in total. The summed E-state index contributed by atoms with van der Waals surface area (Å²) in [6.07, 6.45) is 1.69. The largest absolute Gasteiger partial charge is 0.357 e. The van der Waals surface area contributed by atoms with Crippen LogP contribution in [0.25, 0.3) is 0 Å². The Kier molecular flexibility index (Phi) is 5.53. The zero-order chi connectivity index (χ0) is 14.2. The fourth-order valence-electron chi connectivity index (χ4n) is 1.53. The molecule has 0 bridgehead atoms. The van der Waals surface area contributed by atoms with Crippen LogP contribution >= 0.6 is 23.8 Å². The Morgan fingerprint density at radius 1 is 1.10 bits per heavy atom. The van der Waals surface area contributed by atoms with Crippen molar-refractivity contribution in [3.63, 3.8) is 0 Å². The van der Waals surface area contributed by atoms with Gasteiger partial charge in [-0.15, -0.1) is 0 Å². The zero-order valence-corrected chi connectivity index (χ0v) is 12.3. The van der Waals surface area contributed by atoms with Crippen molar-refractivity contribution in [1.29, 1.82) is 0 Å². The van der Waals surface area contributed by atoms with Crippen LogP contribution in [-0.2, 0) is 6.54 Å². The Hall–Kier alpha value is -1.91. The van der Waals surface area contributed by atoms with Gasteiger partial charge in [0.1, 0.15) is 0 Å². The van der Waals surface area contributed by atoms with E-state index >= 15 is 0 Å². The van der Waals surface area contributed by atoms with E-state index in [0.717, 1.165) is 5.56 Å². The van der Waals surface area contributed by atoms with E-state index in [1.165, 1.54) is 5.56 Å². The molecule has 0 unspecified atom stereocenters. The molecule has 0 radical (unpaired) electrons. The van der Waals surface area contributed by atoms with Crippen molar-refractivity contribution in [3.05, 3.63) is 70.7 Å². The van der Waals surface area contributed by atoms with Gasteiger partial charge in [-0.2, -0.15) is 5.10 Å². The summed E-state index contributed by atoms with van der Waals surface area (Å²) in [5.41, 5.74) is 4.89. The maximum absolute atomic E-state index is 5.80. The smallest absolute Gasteiger partial charge is 0.187 e.